The Balaban J connectivity index is 1.59. The second-order valence-electron chi connectivity index (χ2n) is 9.54. The highest BCUT2D eigenvalue weighted by atomic mass is 16.3. The first-order chi connectivity index (χ1) is 16.7. The third-order valence-corrected chi connectivity index (χ3v) is 7.36. The molecule has 1 saturated heterocycles. The van der Waals surface area contributed by atoms with Crippen molar-refractivity contribution in [3.05, 3.63) is 93.7 Å². The molecule has 0 unspecified atom stereocenters. The first-order valence-corrected chi connectivity index (χ1v) is 12.3. The minimum atomic E-state index is -0.150. The number of rotatable bonds is 6. The van der Waals surface area contributed by atoms with E-state index in [9.17, 15) is 9.90 Å². The number of hydrogen-bond donors (Lipinski definition) is 2. The highest BCUT2D eigenvalue weighted by Gasteiger charge is 2.27. The van der Waals surface area contributed by atoms with Crippen molar-refractivity contribution in [1.29, 1.82) is 0 Å². The molecule has 1 aliphatic carbocycles. The van der Waals surface area contributed by atoms with Crippen molar-refractivity contribution < 1.29 is 5.11 Å². The van der Waals surface area contributed by atoms with Crippen LogP contribution in [0.4, 0.5) is 0 Å². The summed E-state index contributed by atoms with van der Waals surface area (Å²) in [5.41, 5.74) is 6.80. The van der Waals surface area contributed by atoms with Gasteiger partial charge in [0.05, 0.1) is 12.3 Å². The van der Waals surface area contributed by atoms with E-state index in [0.29, 0.717) is 5.92 Å². The molecule has 2 aliphatic rings. The van der Waals surface area contributed by atoms with E-state index >= 15 is 0 Å². The fraction of sp³-hybridized carbons (Fsp3) is 0.310. The maximum absolute atomic E-state index is 14.0. The van der Waals surface area contributed by atoms with Gasteiger partial charge in [0.15, 0.2) is 0 Å². The Labute approximate surface area is 199 Å². The van der Waals surface area contributed by atoms with Crippen molar-refractivity contribution in [1.82, 2.24) is 14.9 Å². The van der Waals surface area contributed by atoms with Crippen LogP contribution in [0, 0.1) is 0 Å². The van der Waals surface area contributed by atoms with E-state index < -0.39 is 0 Å². The zero-order valence-electron chi connectivity index (χ0n) is 19.4. The van der Waals surface area contributed by atoms with Gasteiger partial charge in [-0.05, 0) is 77.6 Å². The maximum Gasteiger partial charge on any atom is 0.263 e. The van der Waals surface area contributed by atoms with Crippen LogP contribution in [0.3, 0.4) is 0 Å². The van der Waals surface area contributed by atoms with Gasteiger partial charge in [0.2, 0.25) is 0 Å². The smallest absolute Gasteiger partial charge is 0.263 e. The van der Waals surface area contributed by atoms with Crippen LogP contribution >= 0.6 is 0 Å². The summed E-state index contributed by atoms with van der Waals surface area (Å²) in [6, 6.07) is 18.5. The molecule has 2 N–H and O–H groups in total. The molecule has 1 aliphatic heterocycles. The van der Waals surface area contributed by atoms with E-state index in [2.05, 4.69) is 41.5 Å². The Morgan fingerprint density at radius 1 is 1.06 bits per heavy atom. The Bertz CT molecular complexity index is 1450. The summed E-state index contributed by atoms with van der Waals surface area (Å²) in [6.45, 7) is 3.64. The summed E-state index contributed by atoms with van der Waals surface area (Å²) in [7, 11) is 0. The van der Waals surface area contributed by atoms with Crippen molar-refractivity contribution in [2.75, 3.05) is 13.1 Å². The highest BCUT2D eigenvalue weighted by Crippen LogP contribution is 2.41. The number of nitrogens with one attached hydrogen (secondary N) is 1. The van der Waals surface area contributed by atoms with Gasteiger partial charge in [0.25, 0.3) is 5.56 Å². The van der Waals surface area contributed by atoms with Gasteiger partial charge >= 0.3 is 0 Å². The number of pyridine rings is 2. The van der Waals surface area contributed by atoms with Crippen molar-refractivity contribution >= 4 is 10.8 Å². The number of fused-ring (bicyclic) bond motifs is 1. The molecule has 0 radical (unpaired) electrons. The second-order valence-corrected chi connectivity index (χ2v) is 9.54. The summed E-state index contributed by atoms with van der Waals surface area (Å²) >= 11 is 0. The van der Waals surface area contributed by atoms with E-state index in [1.807, 2.05) is 41.1 Å². The van der Waals surface area contributed by atoms with Crippen molar-refractivity contribution in [3.8, 4) is 16.8 Å². The molecule has 0 spiro atoms. The van der Waals surface area contributed by atoms with Crippen LogP contribution in [0.25, 0.3) is 27.6 Å². The van der Waals surface area contributed by atoms with E-state index in [1.54, 1.807) is 0 Å². The SMILES string of the molecule is CCc1cc(-c2cccc(-n3c(C4CNC4)cc4cc(C5CC5)ccc4c3=O)c2CO)ccn1. The van der Waals surface area contributed by atoms with Crippen LogP contribution in [0.2, 0.25) is 0 Å². The van der Waals surface area contributed by atoms with Gasteiger partial charge in [0.1, 0.15) is 0 Å². The fourth-order valence-electron chi connectivity index (χ4n) is 5.13. The Kier molecular flexibility index (Phi) is 5.31. The zero-order valence-corrected chi connectivity index (χ0v) is 19.4. The van der Waals surface area contributed by atoms with Gasteiger partial charge in [-0.25, -0.2) is 0 Å². The first kappa shape index (κ1) is 21.3. The number of benzene rings is 2. The van der Waals surface area contributed by atoms with Crippen LogP contribution in [-0.4, -0.2) is 27.7 Å². The topological polar surface area (TPSA) is 67.2 Å². The minimum absolute atomic E-state index is 0.0161. The zero-order chi connectivity index (χ0) is 23.2. The normalized spacial score (nSPS) is 16.1. The summed E-state index contributed by atoms with van der Waals surface area (Å²) in [5, 5.41) is 15.6. The molecule has 0 amide bonds. The summed E-state index contributed by atoms with van der Waals surface area (Å²) in [6.07, 6.45) is 5.13. The van der Waals surface area contributed by atoms with Gasteiger partial charge < -0.3 is 10.4 Å². The standard InChI is InChI=1S/C29H29N3O2/c1-2-23-13-20(10-11-31-23)24-4-3-5-27(26(24)17-33)32-28(22-15-30-16-22)14-21-12-19(18-6-7-18)8-9-25(21)29(32)34/h3-5,8-14,18,22,30,33H,2,6-7,15-17H2,1H3. The molecule has 2 aromatic heterocycles. The minimum Gasteiger partial charge on any atom is -0.392 e. The van der Waals surface area contributed by atoms with Crippen LogP contribution in [-0.2, 0) is 13.0 Å². The van der Waals surface area contributed by atoms with Gasteiger partial charge in [-0.15, -0.1) is 0 Å². The molecule has 0 atom stereocenters. The van der Waals surface area contributed by atoms with E-state index in [1.165, 1.54) is 18.4 Å². The van der Waals surface area contributed by atoms with Crippen molar-refractivity contribution in [3.63, 3.8) is 0 Å². The predicted molar refractivity (Wildman–Crippen MR) is 136 cm³/mol. The number of hydrogen-bond acceptors (Lipinski definition) is 4. The summed E-state index contributed by atoms with van der Waals surface area (Å²) < 4.78 is 1.85. The van der Waals surface area contributed by atoms with Gasteiger partial charge in [-0.2, -0.15) is 0 Å². The largest absolute Gasteiger partial charge is 0.392 e. The van der Waals surface area contributed by atoms with E-state index in [-0.39, 0.29) is 18.1 Å². The molecule has 3 heterocycles. The molecular formula is C29H29N3O2. The number of aromatic nitrogens is 2. The molecule has 2 fully saturated rings. The average Bonchev–Trinajstić information content (AvgIpc) is 3.68. The van der Waals surface area contributed by atoms with Crippen LogP contribution in [0.5, 0.6) is 0 Å². The molecular weight excluding hydrogens is 422 g/mol. The Morgan fingerprint density at radius 3 is 2.62 bits per heavy atom. The lowest BCUT2D eigenvalue weighted by Crippen LogP contribution is -2.42. The van der Waals surface area contributed by atoms with Gasteiger partial charge in [-0.1, -0.05) is 31.2 Å². The quantitative estimate of drug-likeness (QED) is 0.447. The molecule has 172 valence electrons. The lowest BCUT2D eigenvalue weighted by Gasteiger charge is -2.31. The predicted octanol–water partition coefficient (Wildman–Crippen LogP) is 4.67. The lowest BCUT2D eigenvalue weighted by atomic mass is 9.93. The molecule has 4 aromatic rings. The van der Waals surface area contributed by atoms with E-state index in [4.69, 9.17) is 0 Å². The Morgan fingerprint density at radius 2 is 1.91 bits per heavy atom. The molecule has 5 nitrogen and oxygen atoms in total. The molecule has 0 bridgehead atoms. The Hall–Kier alpha value is -3.28. The summed E-state index contributed by atoms with van der Waals surface area (Å²) in [5.74, 6) is 0.913. The summed E-state index contributed by atoms with van der Waals surface area (Å²) in [4.78, 5) is 18.4. The highest BCUT2D eigenvalue weighted by molar-refractivity contribution is 5.84. The second kappa shape index (κ2) is 8.49. The van der Waals surface area contributed by atoms with Crippen LogP contribution < -0.4 is 10.9 Å². The molecule has 2 aromatic carbocycles. The van der Waals surface area contributed by atoms with Crippen molar-refractivity contribution in [2.24, 2.45) is 0 Å². The third kappa shape index (κ3) is 3.56. The lowest BCUT2D eigenvalue weighted by molar-refractivity contribution is 0.282. The number of aliphatic hydroxyl groups excluding tert-OH is 1. The van der Waals surface area contributed by atoms with Crippen LogP contribution in [0.15, 0.2) is 65.6 Å². The fourth-order valence-corrected chi connectivity index (χ4v) is 5.13. The molecule has 5 heteroatoms. The number of nitrogens with zero attached hydrogens (tertiary/aromatic N) is 2. The monoisotopic (exact) mass is 451 g/mol. The number of aryl methyl sites for hydroxylation is 1. The average molecular weight is 452 g/mol. The molecule has 1 saturated carbocycles. The first-order valence-electron chi connectivity index (χ1n) is 12.3. The third-order valence-electron chi connectivity index (χ3n) is 7.36. The maximum atomic E-state index is 14.0. The molecule has 34 heavy (non-hydrogen) atoms. The van der Waals surface area contributed by atoms with Crippen LogP contribution in [0.1, 0.15) is 54.1 Å². The van der Waals surface area contributed by atoms with Crippen molar-refractivity contribution in [2.45, 2.75) is 44.6 Å². The number of aliphatic hydroxyl groups is 1. The van der Waals surface area contributed by atoms with E-state index in [0.717, 1.165) is 64.0 Å². The molecule has 6 rings (SSSR count). The van der Waals surface area contributed by atoms with Gasteiger partial charge in [-0.3, -0.25) is 14.3 Å². The van der Waals surface area contributed by atoms with Gasteiger partial charge in [0, 0.05) is 47.5 Å².